The van der Waals surface area contributed by atoms with Gasteiger partial charge < -0.3 is 14.8 Å². The van der Waals surface area contributed by atoms with E-state index in [0.29, 0.717) is 16.3 Å². The summed E-state index contributed by atoms with van der Waals surface area (Å²) < 4.78 is 12.2. The summed E-state index contributed by atoms with van der Waals surface area (Å²) in [6, 6.07) is 18.5. The quantitative estimate of drug-likeness (QED) is 0.472. The van der Waals surface area contributed by atoms with Crippen LogP contribution in [0.1, 0.15) is 15.4 Å². The third kappa shape index (κ3) is 3.90. The minimum absolute atomic E-state index is 0.394. The van der Waals surface area contributed by atoms with Crippen molar-refractivity contribution in [2.75, 3.05) is 19.0 Å². The minimum atomic E-state index is -0.551. The Morgan fingerprint density at radius 1 is 1.10 bits per heavy atom. The number of thiophene rings is 1. The highest BCUT2D eigenvalue weighted by Gasteiger charge is 2.19. The molecule has 7 nitrogen and oxygen atoms in total. The maximum atomic E-state index is 12.5. The van der Waals surface area contributed by atoms with E-state index in [4.69, 9.17) is 9.47 Å². The lowest BCUT2D eigenvalue weighted by Gasteiger charge is -2.09. The smallest absolute Gasteiger partial charge is 0.348 e. The van der Waals surface area contributed by atoms with Crippen LogP contribution in [-0.2, 0) is 9.53 Å². The zero-order chi connectivity index (χ0) is 21.1. The number of benzene rings is 2. The first-order valence-corrected chi connectivity index (χ1v) is 10.0. The molecule has 0 atom stereocenters. The number of para-hydroxylation sites is 3. The van der Waals surface area contributed by atoms with E-state index < -0.39 is 18.5 Å². The number of ether oxygens (including phenoxy) is 2. The number of aryl methyl sites for hydroxylation is 1. The van der Waals surface area contributed by atoms with E-state index in [-0.39, 0.29) is 0 Å². The van der Waals surface area contributed by atoms with E-state index in [1.54, 1.807) is 35.0 Å². The fraction of sp³-hybridized carbons (Fsp3) is 0.136. The van der Waals surface area contributed by atoms with E-state index in [0.717, 1.165) is 21.6 Å². The molecule has 1 amide bonds. The first-order valence-electron chi connectivity index (χ1n) is 9.21. The molecule has 0 saturated heterocycles. The van der Waals surface area contributed by atoms with Crippen molar-refractivity contribution in [3.8, 4) is 11.4 Å². The van der Waals surface area contributed by atoms with Crippen molar-refractivity contribution in [1.29, 1.82) is 0 Å². The number of esters is 1. The zero-order valence-corrected chi connectivity index (χ0v) is 17.2. The molecular weight excluding hydrogens is 402 g/mol. The topological polar surface area (TPSA) is 82.4 Å². The minimum Gasteiger partial charge on any atom is -0.495 e. The molecule has 2 heterocycles. The average molecular weight is 421 g/mol. The summed E-state index contributed by atoms with van der Waals surface area (Å²) in [5, 5.41) is 8.12. The predicted octanol–water partition coefficient (Wildman–Crippen LogP) is 4.20. The van der Waals surface area contributed by atoms with Crippen molar-refractivity contribution in [3.63, 3.8) is 0 Å². The van der Waals surface area contributed by atoms with Crippen LogP contribution in [0.25, 0.3) is 15.9 Å². The van der Waals surface area contributed by atoms with Crippen molar-refractivity contribution in [2.24, 2.45) is 0 Å². The van der Waals surface area contributed by atoms with Crippen LogP contribution in [0.2, 0.25) is 0 Å². The Labute approximate surface area is 176 Å². The summed E-state index contributed by atoms with van der Waals surface area (Å²) in [6.07, 6.45) is 0. The molecule has 0 fully saturated rings. The van der Waals surface area contributed by atoms with Gasteiger partial charge >= 0.3 is 5.97 Å². The number of hydrogen-bond donors (Lipinski definition) is 1. The van der Waals surface area contributed by atoms with Crippen LogP contribution in [-0.4, -0.2) is 35.4 Å². The molecule has 0 aliphatic carbocycles. The molecule has 2 aromatic carbocycles. The number of nitrogens with zero attached hydrogens (tertiary/aromatic N) is 2. The van der Waals surface area contributed by atoms with Gasteiger partial charge in [0, 0.05) is 5.39 Å². The van der Waals surface area contributed by atoms with Crippen LogP contribution in [0, 0.1) is 6.92 Å². The SMILES string of the molecule is COc1ccccc1NC(=O)COC(=O)c1cc2c(C)nn(-c3ccccc3)c2s1. The summed E-state index contributed by atoms with van der Waals surface area (Å²) in [7, 11) is 1.52. The van der Waals surface area contributed by atoms with Gasteiger partial charge in [-0.05, 0) is 37.3 Å². The lowest BCUT2D eigenvalue weighted by Crippen LogP contribution is -2.20. The Balaban J connectivity index is 1.47. The molecule has 4 aromatic rings. The highest BCUT2D eigenvalue weighted by Crippen LogP contribution is 2.30. The molecule has 2 aromatic heterocycles. The van der Waals surface area contributed by atoms with E-state index in [2.05, 4.69) is 10.4 Å². The molecule has 1 N–H and O–H groups in total. The van der Waals surface area contributed by atoms with Gasteiger partial charge in [-0.15, -0.1) is 11.3 Å². The number of carbonyl (C=O) groups excluding carboxylic acids is 2. The summed E-state index contributed by atoms with van der Waals surface area (Å²) in [6.45, 7) is 1.50. The Morgan fingerprint density at radius 3 is 2.60 bits per heavy atom. The van der Waals surface area contributed by atoms with Gasteiger partial charge in [-0.2, -0.15) is 5.10 Å². The van der Waals surface area contributed by atoms with E-state index in [1.165, 1.54) is 18.4 Å². The molecule has 4 rings (SSSR count). The van der Waals surface area contributed by atoms with E-state index >= 15 is 0 Å². The van der Waals surface area contributed by atoms with Gasteiger partial charge in [-0.3, -0.25) is 4.79 Å². The predicted molar refractivity (Wildman–Crippen MR) is 116 cm³/mol. The van der Waals surface area contributed by atoms with Crippen LogP contribution in [0.4, 0.5) is 5.69 Å². The Morgan fingerprint density at radius 2 is 1.83 bits per heavy atom. The standard InChI is InChI=1S/C22H19N3O4S/c1-14-16-12-19(30-21(16)25(24-14)15-8-4-3-5-9-15)22(27)29-13-20(26)23-17-10-6-7-11-18(17)28-2/h3-12H,13H2,1-2H3,(H,23,26). The monoisotopic (exact) mass is 421 g/mol. The molecule has 152 valence electrons. The largest absolute Gasteiger partial charge is 0.495 e. The molecule has 0 spiro atoms. The summed E-state index contributed by atoms with van der Waals surface area (Å²) in [5.74, 6) is -0.464. The molecule has 8 heteroatoms. The van der Waals surface area contributed by atoms with Gasteiger partial charge in [0.1, 0.15) is 15.5 Å². The van der Waals surface area contributed by atoms with E-state index in [1.807, 2.05) is 37.3 Å². The number of anilines is 1. The fourth-order valence-corrected chi connectivity index (χ4v) is 4.11. The Kier molecular flexibility index (Phi) is 5.49. The number of fused-ring (bicyclic) bond motifs is 1. The highest BCUT2D eigenvalue weighted by molar-refractivity contribution is 7.20. The molecule has 30 heavy (non-hydrogen) atoms. The molecule has 0 aliphatic heterocycles. The van der Waals surface area contributed by atoms with Crippen molar-refractivity contribution in [3.05, 3.63) is 71.2 Å². The van der Waals surface area contributed by atoms with Crippen molar-refractivity contribution in [2.45, 2.75) is 6.92 Å². The summed E-state index contributed by atoms with van der Waals surface area (Å²) >= 11 is 1.28. The molecule has 0 unspecified atom stereocenters. The van der Waals surface area contributed by atoms with Crippen molar-refractivity contribution in [1.82, 2.24) is 9.78 Å². The first kappa shape index (κ1) is 19.7. The lowest BCUT2D eigenvalue weighted by atomic mass is 10.3. The second kappa shape index (κ2) is 8.38. The normalized spacial score (nSPS) is 10.7. The average Bonchev–Trinajstić information content (AvgIpc) is 3.34. The lowest BCUT2D eigenvalue weighted by molar-refractivity contribution is -0.119. The van der Waals surface area contributed by atoms with Crippen molar-refractivity contribution < 1.29 is 19.1 Å². The number of amides is 1. The van der Waals surface area contributed by atoms with Gasteiger partial charge in [0.2, 0.25) is 0 Å². The van der Waals surface area contributed by atoms with Crippen molar-refractivity contribution >= 4 is 39.1 Å². The fourth-order valence-electron chi connectivity index (χ4n) is 3.03. The van der Waals surface area contributed by atoms with Crippen LogP contribution in [0.15, 0.2) is 60.7 Å². The third-order valence-corrected chi connectivity index (χ3v) is 5.55. The third-order valence-electron chi connectivity index (χ3n) is 4.46. The molecule has 0 saturated carbocycles. The first-order chi connectivity index (χ1) is 14.6. The molecular formula is C22H19N3O4S. The summed E-state index contributed by atoms with van der Waals surface area (Å²) in [4.78, 5) is 26.0. The maximum Gasteiger partial charge on any atom is 0.348 e. The Bertz CT molecular complexity index is 1210. The van der Waals surface area contributed by atoms with E-state index in [9.17, 15) is 9.59 Å². The van der Waals surface area contributed by atoms with Crippen LogP contribution < -0.4 is 10.1 Å². The summed E-state index contributed by atoms with van der Waals surface area (Å²) in [5.41, 5.74) is 2.24. The number of hydrogen-bond acceptors (Lipinski definition) is 6. The van der Waals surface area contributed by atoms with Crippen LogP contribution >= 0.6 is 11.3 Å². The molecule has 0 radical (unpaired) electrons. The second-order valence-corrected chi connectivity index (χ2v) is 7.52. The number of aromatic nitrogens is 2. The highest BCUT2D eigenvalue weighted by atomic mass is 32.1. The van der Waals surface area contributed by atoms with Crippen LogP contribution in [0.3, 0.4) is 0 Å². The van der Waals surface area contributed by atoms with Gasteiger partial charge in [0.05, 0.1) is 24.2 Å². The molecule has 0 aliphatic rings. The zero-order valence-electron chi connectivity index (χ0n) is 16.4. The second-order valence-electron chi connectivity index (χ2n) is 6.49. The van der Waals surface area contributed by atoms with Gasteiger partial charge in [-0.1, -0.05) is 30.3 Å². The maximum absolute atomic E-state index is 12.5. The van der Waals surface area contributed by atoms with Crippen LogP contribution in [0.5, 0.6) is 5.75 Å². The number of carbonyl (C=O) groups is 2. The number of methoxy groups -OCH3 is 1. The van der Waals surface area contributed by atoms with Gasteiger partial charge in [0.15, 0.2) is 6.61 Å². The number of nitrogens with one attached hydrogen (secondary N) is 1. The number of rotatable bonds is 6. The molecule has 0 bridgehead atoms. The Hall–Kier alpha value is -3.65. The van der Waals surface area contributed by atoms with Gasteiger partial charge in [0.25, 0.3) is 5.91 Å². The van der Waals surface area contributed by atoms with Gasteiger partial charge in [-0.25, -0.2) is 9.48 Å².